The number of hydrogen-bond donors (Lipinski definition) is 1. The van der Waals surface area contributed by atoms with E-state index >= 15 is 0 Å². The number of urea groups is 1. The molecule has 0 spiro atoms. The first-order chi connectivity index (χ1) is 6.29. The highest BCUT2D eigenvalue weighted by Crippen LogP contribution is 2.23. The Balaban J connectivity index is 2.13. The van der Waals surface area contributed by atoms with Crippen molar-refractivity contribution in [1.82, 2.24) is 10.2 Å². The van der Waals surface area contributed by atoms with Crippen molar-refractivity contribution in [1.29, 1.82) is 0 Å². The van der Waals surface area contributed by atoms with Crippen molar-refractivity contribution in [2.45, 2.75) is 13.0 Å². The quantitative estimate of drug-likeness (QED) is 0.769. The predicted octanol–water partition coefficient (Wildman–Crippen LogP) is 1.83. The van der Waals surface area contributed by atoms with Gasteiger partial charge in [0.25, 0.3) is 0 Å². The van der Waals surface area contributed by atoms with Gasteiger partial charge in [-0.2, -0.15) is 11.3 Å². The Hall–Kier alpha value is -1.03. The average molecular weight is 196 g/mol. The minimum absolute atomic E-state index is 0.0544. The lowest BCUT2D eigenvalue weighted by Crippen LogP contribution is -2.30. The fraction of sp³-hybridized carbons (Fsp3) is 0.444. The Kier molecular flexibility index (Phi) is 2.22. The molecular weight excluding hydrogens is 184 g/mol. The number of hydrogen-bond acceptors (Lipinski definition) is 2. The number of nitrogens with one attached hydrogen (secondary N) is 1. The number of thiophene rings is 1. The third-order valence-corrected chi connectivity index (χ3v) is 3.08. The molecule has 1 saturated heterocycles. The average Bonchev–Trinajstić information content (AvgIpc) is 2.72. The van der Waals surface area contributed by atoms with Gasteiger partial charge in [0, 0.05) is 13.1 Å². The van der Waals surface area contributed by atoms with Crippen molar-refractivity contribution in [3.8, 4) is 0 Å². The molecule has 2 amide bonds. The fourth-order valence-electron chi connectivity index (χ4n) is 1.55. The Morgan fingerprint density at radius 3 is 3.08 bits per heavy atom. The molecule has 1 aromatic rings. The topological polar surface area (TPSA) is 32.3 Å². The molecule has 1 aromatic heterocycles. The van der Waals surface area contributed by atoms with Crippen LogP contribution in [0.3, 0.4) is 0 Å². The Morgan fingerprint density at radius 1 is 1.69 bits per heavy atom. The van der Waals surface area contributed by atoms with Crippen molar-refractivity contribution in [2.75, 3.05) is 13.1 Å². The van der Waals surface area contributed by atoms with Gasteiger partial charge in [0.2, 0.25) is 0 Å². The van der Waals surface area contributed by atoms with Crippen LogP contribution in [0.4, 0.5) is 4.79 Å². The Morgan fingerprint density at radius 2 is 2.54 bits per heavy atom. The van der Waals surface area contributed by atoms with E-state index in [-0.39, 0.29) is 12.1 Å². The van der Waals surface area contributed by atoms with Crippen LogP contribution in [0.1, 0.15) is 18.5 Å². The Bertz CT molecular complexity index is 297. The molecule has 0 bridgehead atoms. The zero-order valence-corrected chi connectivity index (χ0v) is 8.30. The van der Waals surface area contributed by atoms with Crippen LogP contribution in [-0.2, 0) is 0 Å². The van der Waals surface area contributed by atoms with Crippen molar-refractivity contribution < 1.29 is 4.79 Å². The van der Waals surface area contributed by atoms with Crippen LogP contribution in [0.2, 0.25) is 0 Å². The van der Waals surface area contributed by atoms with E-state index in [0.29, 0.717) is 0 Å². The van der Waals surface area contributed by atoms with E-state index in [2.05, 4.69) is 23.7 Å². The van der Waals surface area contributed by atoms with Crippen LogP contribution in [0.25, 0.3) is 0 Å². The second-order valence-electron chi connectivity index (χ2n) is 3.16. The molecule has 1 aliphatic rings. The second kappa shape index (κ2) is 3.38. The summed E-state index contributed by atoms with van der Waals surface area (Å²) in [5, 5.41) is 6.94. The maximum Gasteiger partial charge on any atom is 0.318 e. The summed E-state index contributed by atoms with van der Waals surface area (Å²) in [7, 11) is 0. The zero-order chi connectivity index (χ0) is 9.26. The maximum absolute atomic E-state index is 11.3. The van der Waals surface area contributed by atoms with Crippen molar-refractivity contribution >= 4 is 17.4 Å². The summed E-state index contributed by atoms with van der Waals surface area (Å²) in [5.41, 5.74) is 1.22. The van der Waals surface area contributed by atoms with Gasteiger partial charge in [-0.25, -0.2) is 4.79 Å². The predicted molar refractivity (Wildman–Crippen MR) is 52.8 cm³/mol. The zero-order valence-electron chi connectivity index (χ0n) is 7.49. The number of amides is 2. The Labute approximate surface area is 81.4 Å². The van der Waals surface area contributed by atoms with Gasteiger partial charge < -0.3 is 10.2 Å². The first-order valence-electron chi connectivity index (χ1n) is 4.35. The molecule has 1 N–H and O–H groups in total. The highest BCUT2D eigenvalue weighted by Gasteiger charge is 2.25. The number of rotatable bonds is 2. The molecule has 4 heteroatoms. The van der Waals surface area contributed by atoms with Crippen molar-refractivity contribution in [2.24, 2.45) is 0 Å². The van der Waals surface area contributed by atoms with E-state index in [1.54, 1.807) is 11.3 Å². The molecule has 0 aliphatic carbocycles. The number of carbonyl (C=O) groups is 1. The van der Waals surface area contributed by atoms with Crippen molar-refractivity contribution in [3.05, 3.63) is 22.4 Å². The number of carbonyl (C=O) groups excluding carboxylic acids is 1. The molecule has 3 nitrogen and oxygen atoms in total. The van der Waals surface area contributed by atoms with Gasteiger partial charge in [-0.1, -0.05) is 0 Å². The molecule has 13 heavy (non-hydrogen) atoms. The minimum atomic E-state index is 0.0544. The van der Waals surface area contributed by atoms with Crippen LogP contribution < -0.4 is 5.32 Å². The molecule has 0 aromatic carbocycles. The van der Waals surface area contributed by atoms with Gasteiger partial charge in [-0.05, 0) is 29.3 Å². The standard InChI is InChI=1S/C9H12N2OS/c1-7(8-2-5-13-6-8)11-4-3-10-9(11)12/h2,5-7H,3-4H2,1H3,(H,10,12). The monoisotopic (exact) mass is 196 g/mol. The molecule has 1 atom stereocenters. The van der Waals surface area contributed by atoms with Gasteiger partial charge in [-0.3, -0.25) is 0 Å². The van der Waals surface area contributed by atoms with Crippen LogP contribution in [-0.4, -0.2) is 24.0 Å². The minimum Gasteiger partial charge on any atom is -0.336 e. The highest BCUT2D eigenvalue weighted by atomic mass is 32.1. The van der Waals surface area contributed by atoms with Gasteiger partial charge in [0.05, 0.1) is 6.04 Å². The molecule has 1 fully saturated rings. The molecular formula is C9H12N2OS. The SMILES string of the molecule is CC(c1ccsc1)N1CCNC1=O. The lowest BCUT2D eigenvalue weighted by atomic mass is 10.1. The van der Waals surface area contributed by atoms with Gasteiger partial charge >= 0.3 is 6.03 Å². The molecule has 1 aliphatic heterocycles. The number of nitrogens with zero attached hydrogens (tertiary/aromatic N) is 1. The molecule has 2 heterocycles. The summed E-state index contributed by atoms with van der Waals surface area (Å²) in [4.78, 5) is 13.2. The fourth-order valence-corrected chi connectivity index (χ4v) is 2.30. The lowest BCUT2D eigenvalue weighted by molar-refractivity contribution is 0.203. The van der Waals surface area contributed by atoms with Gasteiger partial charge in [-0.15, -0.1) is 0 Å². The normalized spacial score (nSPS) is 18.8. The van der Waals surface area contributed by atoms with Crippen LogP contribution >= 0.6 is 11.3 Å². The van der Waals surface area contributed by atoms with Gasteiger partial charge in [0.1, 0.15) is 0 Å². The van der Waals surface area contributed by atoms with E-state index in [4.69, 9.17) is 0 Å². The molecule has 1 unspecified atom stereocenters. The largest absolute Gasteiger partial charge is 0.336 e. The summed E-state index contributed by atoms with van der Waals surface area (Å²) in [5.74, 6) is 0. The summed E-state index contributed by atoms with van der Waals surface area (Å²) >= 11 is 1.67. The van der Waals surface area contributed by atoms with E-state index < -0.39 is 0 Å². The lowest BCUT2D eigenvalue weighted by Gasteiger charge is -2.21. The first kappa shape index (κ1) is 8.56. The van der Waals surface area contributed by atoms with E-state index in [1.807, 2.05) is 10.3 Å². The summed E-state index contributed by atoms with van der Waals surface area (Å²) < 4.78 is 0. The van der Waals surface area contributed by atoms with E-state index in [0.717, 1.165) is 13.1 Å². The summed E-state index contributed by atoms with van der Waals surface area (Å²) in [6.07, 6.45) is 0. The second-order valence-corrected chi connectivity index (χ2v) is 3.94. The highest BCUT2D eigenvalue weighted by molar-refractivity contribution is 7.07. The first-order valence-corrected chi connectivity index (χ1v) is 5.30. The van der Waals surface area contributed by atoms with Crippen LogP contribution in [0.15, 0.2) is 16.8 Å². The third-order valence-electron chi connectivity index (χ3n) is 2.38. The van der Waals surface area contributed by atoms with Crippen LogP contribution in [0, 0.1) is 0 Å². The summed E-state index contributed by atoms with van der Waals surface area (Å²) in [6.45, 7) is 3.65. The molecule has 0 saturated carbocycles. The van der Waals surface area contributed by atoms with Crippen LogP contribution in [0.5, 0.6) is 0 Å². The van der Waals surface area contributed by atoms with Gasteiger partial charge in [0.15, 0.2) is 0 Å². The third kappa shape index (κ3) is 1.54. The smallest absolute Gasteiger partial charge is 0.318 e. The maximum atomic E-state index is 11.3. The summed E-state index contributed by atoms with van der Waals surface area (Å²) in [6, 6.07) is 2.33. The van der Waals surface area contributed by atoms with Crippen molar-refractivity contribution in [3.63, 3.8) is 0 Å². The molecule has 0 radical (unpaired) electrons. The molecule has 70 valence electrons. The van der Waals surface area contributed by atoms with E-state index in [1.165, 1.54) is 5.56 Å². The molecule has 2 rings (SSSR count). The van der Waals surface area contributed by atoms with E-state index in [9.17, 15) is 4.79 Å².